The van der Waals surface area contributed by atoms with Gasteiger partial charge in [-0.25, -0.2) is 8.78 Å². The van der Waals surface area contributed by atoms with E-state index in [0.29, 0.717) is 17.6 Å². The summed E-state index contributed by atoms with van der Waals surface area (Å²) in [7, 11) is 0. The molecular weight excluding hydrogens is 342 g/mol. The number of allylic oxidation sites excluding steroid dienone is 2. The number of carbonyl (C=O) groups excluding carboxylic acids is 1. The molecule has 0 saturated carbocycles. The van der Waals surface area contributed by atoms with Gasteiger partial charge >= 0.3 is 0 Å². The van der Waals surface area contributed by atoms with Crippen LogP contribution >= 0.6 is 0 Å². The highest BCUT2D eigenvalue weighted by atomic mass is 19.1. The zero-order valence-electron chi connectivity index (χ0n) is 14.5. The minimum atomic E-state index is -0.315. The lowest BCUT2D eigenvalue weighted by atomic mass is 9.81. The van der Waals surface area contributed by atoms with E-state index in [9.17, 15) is 13.6 Å². The Bertz CT molecular complexity index is 1060. The molecule has 0 bridgehead atoms. The predicted molar refractivity (Wildman–Crippen MR) is 104 cm³/mol. The SMILES string of the molecule is O=C1/C(=C/c2ccc(F)cc2)Cc2ccccc2/C1=C\c1ccc(F)cc1. The van der Waals surface area contributed by atoms with Gasteiger partial charge < -0.3 is 0 Å². The topological polar surface area (TPSA) is 17.1 Å². The number of rotatable bonds is 2. The monoisotopic (exact) mass is 358 g/mol. The Morgan fingerprint density at radius 3 is 1.89 bits per heavy atom. The second-order valence-corrected chi connectivity index (χ2v) is 6.49. The number of hydrogen-bond acceptors (Lipinski definition) is 1. The first-order valence-electron chi connectivity index (χ1n) is 8.66. The van der Waals surface area contributed by atoms with Gasteiger partial charge in [0.05, 0.1) is 0 Å². The van der Waals surface area contributed by atoms with Crippen molar-refractivity contribution in [1.29, 1.82) is 0 Å². The zero-order chi connectivity index (χ0) is 18.8. The molecule has 0 atom stereocenters. The standard InChI is InChI=1S/C24H16F2O/c25-20-9-5-16(6-10-20)13-19-15-18-3-1-2-4-22(18)23(24(19)27)14-17-7-11-21(26)12-8-17/h1-14H,15H2/b19-13+,23-14+. The molecule has 1 aliphatic carbocycles. The number of halogens is 2. The summed E-state index contributed by atoms with van der Waals surface area (Å²) in [6, 6.07) is 19.9. The van der Waals surface area contributed by atoms with Crippen LogP contribution in [0.3, 0.4) is 0 Å². The smallest absolute Gasteiger partial charge is 0.189 e. The average molecular weight is 358 g/mol. The summed E-state index contributed by atoms with van der Waals surface area (Å²) in [6.07, 6.45) is 4.11. The second kappa shape index (κ2) is 7.12. The second-order valence-electron chi connectivity index (χ2n) is 6.49. The van der Waals surface area contributed by atoms with Gasteiger partial charge in [0, 0.05) is 17.6 Å². The number of carbonyl (C=O) groups is 1. The van der Waals surface area contributed by atoms with E-state index in [1.165, 1.54) is 24.3 Å². The molecule has 4 rings (SSSR count). The van der Waals surface area contributed by atoms with Crippen LogP contribution in [0.1, 0.15) is 22.3 Å². The van der Waals surface area contributed by atoms with Crippen molar-refractivity contribution in [3.8, 4) is 0 Å². The fraction of sp³-hybridized carbons (Fsp3) is 0.0417. The fourth-order valence-electron chi connectivity index (χ4n) is 3.26. The molecule has 0 aliphatic heterocycles. The quantitative estimate of drug-likeness (QED) is 0.536. The summed E-state index contributed by atoms with van der Waals surface area (Å²) in [5.41, 5.74) is 4.71. The van der Waals surface area contributed by atoms with Gasteiger partial charge in [0.1, 0.15) is 11.6 Å². The molecule has 0 unspecified atom stereocenters. The van der Waals surface area contributed by atoms with E-state index < -0.39 is 0 Å². The molecular formula is C24H16F2O. The average Bonchev–Trinajstić information content (AvgIpc) is 2.68. The molecule has 27 heavy (non-hydrogen) atoms. The molecule has 1 nitrogen and oxygen atoms in total. The van der Waals surface area contributed by atoms with Crippen LogP contribution in [0.15, 0.2) is 78.4 Å². The van der Waals surface area contributed by atoms with Crippen LogP contribution in [0, 0.1) is 11.6 Å². The van der Waals surface area contributed by atoms with Gasteiger partial charge in [-0.05, 0) is 58.7 Å². The van der Waals surface area contributed by atoms with Crippen LogP contribution in [0.5, 0.6) is 0 Å². The Kier molecular flexibility index (Phi) is 4.51. The van der Waals surface area contributed by atoms with Crippen molar-refractivity contribution in [1.82, 2.24) is 0 Å². The van der Waals surface area contributed by atoms with Gasteiger partial charge in [-0.1, -0.05) is 48.5 Å². The van der Waals surface area contributed by atoms with Gasteiger partial charge in [0.25, 0.3) is 0 Å². The van der Waals surface area contributed by atoms with Crippen molar-refractivity contribution in [2.45, 2.75) is 6.42 Å². The van der Waals surface area contributed by atoms with Crippen LogP contribution in [0.2, 0.25) is 0 Å². The van der Waals surface area contributed by atoms with E-state index in [1.807, 2.05) is 24.3 Å². The van der Waals surface area contributed by atoms with Crippen molar-refractivity contribution < 1.29 is 13.6 Å². The molecule has 3 aromatic rings. The molecule has 0 N–H and O–H groups in total. The maximum atomic E-state index is 13.2. The lowest BCUT2D eigenvalue weighted by molar-refractivity contribution is -0.110. The third-order valence-corrected chi connectivity index (χ3v) is 4.62. The number of ketones is 1. The molecule has 132 valence electrons. The summed E-state index contributed by atoms with van der Waals surface area (Å²) >= 11 is 0. The van der Waals surface area contributed by atoms with E-state index >= 15 is 0 Å². The summed E-state index contributed by atoms with van der Waals surface area (Å²) in [5, 5.41) is 0. The third-order valence-electron chi connectivity index (χ3n) is 4.62. The van der Waals surface area contributed by atoms with Crippen molar-refractivity contribution in [3.05, 3.63) is 112 Å². The van der Waals surface area contributed by atoms with E-state index in [-0.39, 0.29) is 17.4 Å². The van der Waals surface area contributed by atoms with Crippen molar-refractivity contribution in [2.75, 3.05) is 0 Å². The lowest BCUT2D eigenvalue weighted by Gasteiger charge is -2.21. The summed E-state index contributed by atoms with van der Waals surface area (Å²) < 4.78 is 26.3. The van der Waals surface area contributed by atoms with E-state index in [2.05, 4.69) is 0 Å². The number of fused-ring (bicyclic) bond motifs is 1. The van der Waals surface area contributed by atoms with Crippen LogP contribution in [-0.2, 0) is 11.2 Å². The van der Waals surface area contributed by atoms with Gasteiger partial charge in [-0.15, -0.1) is 0 Å². The first-order valence-corrected chi connectivity index (χ1v) is 8.66. The Morgan fingerprint density at radius 1 is 0.704 bits per heavy atom. The fourth-order valence-corrected chi connectivity index (χ4v) is 3.26. The number of hydrogen-bond donors (Lipinski definition) is 0. The number of Topliss-reactive ketones (excluding diaryl/α,β-unsaturated/α-hetero) is 1. The summed E-state index contributed by atoms with van der Waals surface area (Å²) in [4.78, 5) is 13.1. The van der Waals surface area contributed by atoms with Gasteiger partial charge in [-0.2, -0.15) is 0 Å². The van der Waals surface area contributed by atoms with Crippen molar-refractivity contribution >= 4 is 23.5 Å². The minimum Gasteiger partial charge on any atom is -0.289 e. The van der Waals surface area contributed by atoms with Gasteiger partial charge in [-0.3, -0.25) is 4.79 Å². The van der Waals surface area contributed by atoms with Crippen LogP contribution in [0.25, 0.3) is 17.7 Å². The molecule has 3 aromatic carbocycles. The Balaban J connectivity index is 1.81. The highest BCUT2D eigenvalue weighted by molar-refractivity contribution is 6.35. The third kappa shape index (κ3) is 3.63. The molecule has 1 aliphatic rings. The zero-order valence-corrected chi connectivity index (χ0v) is 14.5. The van der Waals surface area contributed by atoms with Crippen LogP contribution < -0.4 is 0 Å². The van der Waals surface area contributed by atoms with E-state index in [4.69, 9.17) is 0 Å². The lowest BCUT2D eigenvalue weighted by Crippen LogP contribution is -2.15. The maximum absolute atomic E-state index is 13.2. The van der Waals surface area contributed by atoms with E-state index in [1.54, 1.807) is 36.4 Å². The van der Waals surface area contributed by atoms with Crippen molar-refractivity contribution in [2.24, 2.45) is 0 Å². The normalized spacial score (nSPS) is 16.6. The van der Waals surface area contributed by atoms with E-state index in [0.717, 1.165) is 22.3 Å². The molecule has 0 amide bonds. The molecule has 0 aromatic heterocycles. The first kappa shape index (κ1) is 17.1. The largest absolute Gasteiger partial charge is 0.289 e. The highest BCUT2D eigenvalue weighted by Crippen LogP contribution is 2.33. The van der Waals surface area contributed by atoms with Crippen molar-refractivity contribution in [3.63, 3.8) is 0 Å². The Hall–Kier alpha value is -3.33. The molecule has 0 heterocycles. The Labute approximate surface area is 156 Å². The van der Waals surface area contributed by atoms with Crippen LogP contribution in [-0.4, -0.2) is 5.78 Å². The highest BCUT2D eigenvalue weighted by Gasteiger charge is 2.25. The Morgan fingerprint density at radius 2 is 1.26 bits per heavy atom. The van der Waals surface area contributed by atoms with Gasteiger partial charge in [0.15, 0.2) is 5.78 Å². The number of benzene rings is 3. The molecule has 3 heteroatoms. The molecule has 0 saturated heterocycles. The summed E-state index contributed by atoms with van der Waals surface area (Å²) in [5.74, 6) is -0.693. The first-order chi connectivity index (χ1) is 13.1. The molecule has 0 spiro atoms. The maximum Gasteiger partial charge on any atom is 0.189 e. The summed E-state index contributed by atoms with van der Waals surface area (Å²) in [6.45, 7) is 0. The molecule has 0 fully saturated rings. The molecule has 0 radical (unpaired) electrons. The predicted octanol–water partition coefficient (Wildman–Crippen LogP) is 5.71. The minimum absolute atomic E-state index is 0.0673. The van der Waals surface area contributed by atoms with Crippen LogP contribution in [0.4, 0.5) is 8.78 Å². The van der Waals surface area contributed by atoms with Gasteiger partial charge in [0.2, 0.25) is 0 Å².